The number of aromatic nitrogens is 1. The van der Waals surface area contributed by atoms with Crippen LogP contribution in [0.1, 0.15) is 5.69 Å². The Hall–Kier alpha value is -1.42. The summed E-state index contributed by atoms with van der Waals surface area (Å²) in [5.41, 5.74) is 0.462. The molecule has 0 saturated carbocycles. The summed E-state index contributed by atoms with van der Waals surface area (Å²) in [4.78, 5) is 15.5. The van der Waals surface area contributed by atoms with Crippen LogP contribution in [-0.2, 0) is 21.2 Å². The summed E-state index contributed by atoms with van der Waals surface area (Å²) < 4.78 is 26.8. The van der Waals surface area contributed by atoms with Crippen molar-refractivity contribution in [3.63, 3.8) is 0 Å². The SMILES string of the molecule is CNS(=O)(=O)c1ccccc1Sc1nc(CC(=O)O)cs1. The van der Waals surface area contributed by atoms with E-state index in [1.54, 1.807) is 23.6 Å². The minimum absolute atomic E-state index is 0.145. The molecule has 6 nitrogen and oxygen atoms in total. The molecule has 0 atom stereocenters. The molecule has 0 aliphatic rings. The van der Waals surface area contributed by atoms with Gasteiger partial charge in [0.05, 0.1) is 17.0 Å². The number of thiazole rings is 1. The van der Waals surface area contributed by atoms with E-state index in [2.05, 4.69) is 9.71 Å². The van der Waals surface area contributed by atoms with E-state index in [0.29, 0.717) is 14.9 Å². The van der Waals surface area contributed by atoms with Crippen molar-refractivity contribution in [2.75, 3.05) is 7.05 Å². The molecule has 1 heterocycles. The molecule has 0 saturated heterocycles. The summed E-state index contributed by atoms with van der Waals surface area (Å²) in [6.07, 6.45) is -0.145. The Kier molecular flexibility index (Phi) is 4.99. The van der Waals surface area contributed by atoms with Crippen molar-refractivity contribution in [2.24, 2.45) is 0 Å². The molecule has 0 spiro atoms. The van der Waals surface area contributed by atoms with Crippen molar-refractivity contribution >= 4 is 39.1 Å². The van der Waals surface area contributed by atoms with E-state index in [4.69, 9.17) is 5.11 Å². The Balaban J connectivity index is 2.28. The fourth-order valence-corrected chi connectivity index (χ4v) is 4.61. The van der Waals surface area contributed by atoms with Gasteiger partial charge in [-0.3, -0.25) is 4.79 Å². The van der Waals surface area contributed by atoms with Gasteiger partial charge in [0.15, 0.2) is 4.34 Å². The van der Waals surface area contributed by atoms with E-state index >= 15 is 0 Å². The average Bonchev–Trinajstić information content (AvgIpc) is 2.85. The first kappa shape index (κ1) is 16.0. The molecule has 112 valence electrons. The quantitative estimate of drug-likeness (QED) is 0.830. The van der Waals surface area contributed by atoms with E-state index < -0.39 is 16.0 Å². The van der Waals surface area contributed by atoms with Gasteiger partial charge < -0.3 is 5.11 Å². The highest BCUT2D eigenvalue weighted by Gasteiger charge is 2.18. The number of hydrogen-bond acceptors (Lipinski definition) is 6. The second kappa shape index (κ2) is 6.56. The van der Waals surface area contributed by atoms with Gasteiger partial charge in [-0.25, -0.2) is 18.1 Å². The molecule has 2 aromatic rings. The first-order valence-corrected chi connectivity index (χ1v) is 8.97. The van der Waals surface area contributed by atoms with Gasteiger partial charge >= 0.3 is 5.97 Å². The van der Waals surface area contributed by atoms with Crippen molar-refractivity contribution in [3.05, 3.63) is 35.3 Å². The van der Waals surface area contributed by atoms with Crippen molar-refractivity contribution in [3.8, 4) is 0 Å². The molecular formula is C12H12N2O4S3. The van der Waals surface area contributed by atoms with Gasteiger partial charge in [0.2, 0.25) is 10.0 Å². The van der Waals surface area contributed by atoms with Crippen LogP contribution in [0, 0.1) is 0 Å². The average molecular weight is 344 g/mol. The highest BCUT2D eigenvalue weighted by molar-refractivity contribution is 8.01. The van der Waals surface area contributed by atoms with Crippen molar-refractivity contribution in [1.82, 2.24) is 9.71 Å². The topological polar surface area (TPSA) is 96.4 Å². The van der Waals surface area contributed by atoms with Crippen LogP contribution in [0.3, 0.4) is 0 Å². The molecular weight excluding hydrogens is 332 g/mol. The van der Waals surface area contributed by atoms with Crippen LogP contribution in [0.2, 0.25) is 0 Å². The minimum atomic E-state index is -3.55. The summed E-state index contributed by atoms with van der Waals surface area (Å²) in [6, 6.07) is 6.59. The maximum Gasteiger partial charge on any atom is 0.309 e. The molecule has 9 heteroatoms. The molecule has 0 amide bonds. The Morgan fingerprint density at radius 1 is 1.43 bits per heavy atom. The third-order valence-corrected chi connectivity index (χ3v) is 6.13. The lowest BCUT2D eigenvalue weighted by Crippen LogP contribution is -2.19. The number of benzene rings is 1. The molecule has 0 aliphatic carbocycles. The van der Waals surface area contributed by atoms with Gasteiger partial charge in [-0.2, -0.15) is 0 Å². The molecule has 0 bridgehead atoms. The lowest BCUT2D eigenvalue weighted by atomic mass is 10.3. The van der Waals surface area contributed by atoms with Crippen molar-refractivity contribution in [2.45, 2.75) is 20.6 Å². The van der Waals surface area contributed by atoms with Crippen LogP contribution in [-0.4, -0.2) is 31.5 Å². The third-order valence-electron chi connectivity index (χ3n) is 2.47. The van der Waals surface area contributed by atoms with E-state index in [1.807, 2.05) is 0 Å². The fourth-order valence-electron chi connectivity index (χ4n) is 1.53. The van der Waals surface area contributed by atoms with Crippen molar-refractivity contribution in [1.29, 1.82) is 0 Å². The Bertz CT molecular complexity index is 755. The number of sulfonamides is 1. The van der Waals surface area contributed by atoms with Crippen LogP contribution in [0.15, 0.2) is 43.8 Å². The zero-order valence-corrected chi connectivity index (χ0v) is 13.4. The molecule has 1 aromatic carbocycles. The third kappa shape index (κ3) is 4.03. The highest BCUT2D eigenvalue weighted by atomic mass is 32.2. The number of nitrogens with zero attached hydrogens (tertiary/aromatic N) is 1. The van der Waals surface area contributed by atoms with Gasteiger partial charge in [-0.1, -0.05) is 23.9 Å². The highest BCUT2D eigenvalue weighted by Crippen LogP contribution is 2.34. The molecule has 0 radical (unpaired) electrons. The summed E-state index contributed by atoms with van der Waals surface area (Å²) in [7, 11) is -2.20. The maximum atomic E-state index is 11.9. The molecule has 21 heavy (non-hydrogen) atoms. The van der Waals surface area contributed by atoms with Gasteiger partial charge in [0, 0.05) is 10.3 Å². The first-order valence-electron chi connectivity index (χ1n) is 5.79. The molecule has 0 fully saturated rings. The lowest BCUT2D eigenvalue weighted by Gasteiger charge is -2.07. The second-order valence-electron chi connectivity index (χ2n) is 3.93. The molecule has 0 aliphatic heterocycles. The summed E-state index contributed by atoms with van der Waals surface area (Å²) in [6.45, 7) is 0. The van der Waals surface area contributed by atoms with Crippen LogP contribution >= 0.6 is 23.1 Å². The van der Waals surface area contributed by atoms with Gasteiger partial charge in [0.1, 0.15) is 0 Å². The number of hydrogen-bond donors (Lipinski definition) is 2. The number of carboxylic acid groups (broad SMARTS) is 1. The molecule has 2 rings (SSSR count). The van der Waals surface area contributed by atoms with Crippen molar-refractivity contribution < 1.29 is 18.3 Å². The van der Waals surface area contributed by atoms with Gasteiger partial charge in [0.25, 0.3) is 0 Å². The Morgan fingerprint density at radius 2 is 2.14 bits per heavy atom. The summed E-state index contributed by atoms with van der Waals surface area (Å²) >= 11 is 2.49. The standard InChI is InChI=1S/C12H12N2O4S3/c1-13-21(17,18)10-5-3-2-4-9(10)20-12-14-8(7-19-12)6-11(15)16/h2-5,7,13H,6H2,1H3,(H,15,16). The zero-order chi connectivity index (χ0) is 15.5. The number of nitrogens with one attached hydrogen (secondary N) is 1. The molecule has 0 unspecified atom stereocenters. The normalized spacial score (nSPS) is 11.5. The smallest absolute Gasteiger partial charge is 0.309 e. The number of aliphatic carboxylic acids is 1. The second-order valence-corrected chi connectivity index (χ2v) is 7.93. The summed E-state index contributed by atoms with van der Waals surface area (Å²) in [5.74, 6) is -0.949. The predicted molar refractivity (Wildman–Crippen MR) is 80.3 cm³/mol. The van der Waals surface area contributed by atoms with Crippen LogP contribution in [0.4, 0.5) is 0 Å². The minimum Gasteiger partial charge on any atom is -0.481 e. The predicted octanol–water partition coefficient (Wildman–Crippen LogP) is 1.83. The molecule has 2 N–H and O–H groups in total. The van der Waals surface area contributed by atoms with Crippen LogP contribution < -0.4 is 4.72 Å². The van der Waals surface area contributed by atoms with Gasteiger partial charge in [-0.05, 0) is 19.2 Å². The summed E-state index contributed by atoms with van der Waals surface area (Å²) in [5, 5.41) is 10.4. The Labute approximate surface area is 130 Å². The van der Waals surface area contributed by atoms with E-state index in [0.717, 1.165) is 0 Å². The Morgan fingerprint density at radius 3 is 2.81 bits per heavy atom. The first-order chi connectivity index (χ1) is 9.92. The maximum absolute atomic E-state index is 11.9. The number of carboxylic acids is 1. The van der Waals surface area contributed by atoms with Crippen LogP contribution in [0.25, 0.3) is 0 Å². The van der Waals surface area contributed by atoms with E-state index in [9.17, 15) is 13.2 Å². The zero-order valence-electron chi connectivity index (χ0n) is 10.9. The fraction of sp³-hybridized carbons (Fsp3) is 0.167. The number of rotatable bonds is 6. The number of carbonyl (C=O) groups is 1. The monoisotopic (exact) mass is 344 g/mol. The van der Waals surface area contributed by atoms with Crippen LogP contribution in [0.5, 0.6) is 0 Å². The van der Waals surface area contributed by atoms with E-state index in [-0.39, 0.29) is 11.3 Å². The molecule has 1 aromatic heterocycles. The lowest BCUT2D eigenvalue weighted by molar-refractivity contribution is -0.136. The largest absolute Gasteiger partial charge is 0.481 e. The van der Waals surface area contributed by atoms with E-state index in [1.165, 1.54) is 36.2 Å². The van der Waals surface area contributed by atoms with Gasteiger partial charge in [-0.15, -0.1) is 11.3 Å².